The number of hydrogen-bond acceptors (Lipinski definition) is 4. The summed E-state index contributed by atoms with van der Waals surface area (Å²) in [4.78, 5) is 35.7. The molecule has 0 aliphatic carbocycles. The lowest BCUT2D eigenvalue weighted by Gasteiger charge is -2.09. The molecule has 138 valence electrons. The van der Waals surface area contributed by atoms with Gasteiger partial charge in [-0.1, -0.05) is 11.6 Å². The van der Waals surface area contributed by atoms with Crippen molar-refractivity contribution in [1.82, 2.24) is 15.4 Å². The summed E-state index contributed by atoms with van der Waals surface area (Å²) in [6.45, 7) is 5.93. The van der Waals surface area contributed by atoms with Gasteiger partial charge in [0.1, 0.15) is 0 Å². The van der Waals surface area contributed by atoms with E-state index in [1.807, 2.05) is 25.3 Å². The molecule has 0 atom stereocenters. The molecule has 0 spiro atoms. The van der Waals surface area contributed by atoms with Crippen LogP contribution in [0.4, 0.5) is 0 Å². The number of benzene rings is 1. The number of nitrogens with one attached hydrogen (secondary N) is 2. The lowest BCUT2D eigenvalue weighted by Crippen LogP contribution is -2.43. The first-order valence-electron chi connectivity index (χ1n) is 8.02. The Hall–Kier alpha value is -2.80. The molecule has 1 aromatic heterocycles. The number of carbonyl (C=O) groups excluding carboxylic acids is 3. The van der Waals surface area contributed by atoms with Crippen LogP contribution < -0.4 is 10.9 Å². The molecular weight excluding hydrogens is 358 g/mol. The van der Waals surface area contributed by atoms with Gasteiger partial charge in [-0.3, -0.25) is 20.4 Å². The molecule has 2 amide bonds. The first-order chi connectivity index (χ1) is 12.3. The van der Waals surface area contributed by atoms with Gasteiger partial charge in [-0.05, 0) is 51.1 Å². The molecule has 2 N–H and O–H groups in total. The third kappa shape index (κ3) is 4.64. The van der Waals surface area contributed by atoms with Crippen LogP contribution in [-0.4, -0.2) is 29.0 Å². The lowest BCUT2D eigenvalue weighted by atomic mass is 10.2. The van der Waals surface area contributed by atoms with Gasteiger partial charge >= 0.3 is 5.97 Å². The van der Waals surface area contributed by atoms with Crippen molar-refractivity contribution >= 4 is 29.4 Å². The van der Waals surface area contributed by atoms with Gasteiger partial charge in [0.15, 0.2) is 6.61 Å². The smallest absolute Gasteiger partial charge is 0.340 e. The Bertz CT molecular complexity index is 828. The van der Waals surface area contributed by atoms with Crippen molar-refractivity contribution in [2.75, 3.05) is 6.61 Å². The minimum atomic E-state index is -0.648. The van der Waals surface area contributed by atoms with E-state index in [0.717, 1.165) is 17.9 Å². The Morgan fingerprint density at radius 2 is 1.77 bits per heavy atom. The third-order valence-corrected chi connectivity index (χ3v) is 4.12. The highest BCUT2D eigenvalue weighted by Gasteiger charge is 2.17. The van der Waals surface area contributed by atoms with Crippen LogP contribution in [0, 0.1) is 13.8 Å². The van der Waals surface area contributed by atoms with Crippen molar-refractivity contribution in [3.63, 3.8) is 0 Å². The number of carbonyl (C=O) groups is 3. The molecule has 0 radical (unpaired) electrons. The van der Waals surface area contributed by atoms with Crippen LogP contribution in [-0.2, 0) is 16.1 Å². The van der Waals surface area contributed by atoms with Crippen LogP contribution in [0.25, 0.3) is 0 Å². The summed E-state index contributed by atoms with van der Waals surface area (Å²) >= 11 is 5.75. The standard InChI is InChI=1S/C18H20ClN3O4/c1-4-22-11(2)9-15(12(22)3)18(25)26-10-16(23)20-21-17(24)13-5-7-14(19)8-6-13/h5-9H,4,10H2,1-3H3,(H,20,23)(H,21,24). The molecule has 1 aromatic carbocycles. The van der Waals surface area contributed by atoms with Gasteiger partial charge in [0, 0.05) is 28.5 Å². The number of hydrazine groups is 1. The maximum Gasteiger partial charge on any atom is 0.340 e. The van der Waals surface area contributed by atoms with Crippen molar-refractivity contribution in [3.8, 4) is 0 Å². The Morgan fingerprint density at radius 3 is 2.35 bits per heavy atom. The fourth-order valence-corrected chi connectivity index (χ4v) is 2.67. The molecule has 26 heavy (non-hydrogen) atoms. The molecule has 0 aliphatic rings. The Kier molecular flexibility index (Phi) is 6.41. The van der Waals surface area contributed by atoms with E-state index in [2.05, 4.69) is 10.9 Å². The van der Waals surface area contributed by atoms with E-state index >= 15 is 0 Å². The van der Waals surface area contributed by atoms with E-state index in [1.165, 1.54) is 12.1 Å². The lowest BCUT2D eigenvalue weighted by molar-refractivity contribution is -0.125. The van der Waals surface area contributed by atoms with Crippen LogP contribution in [0.2, 0.25) is 5.02 Å². The molecule has 0 unspecified atom stereocenters. The zero-order chi connectivity index (χ0) is 19.3. The summed E-state index contributed by atoms with van der Waals surface area (Å²) in [5, 5.41) is 0.500. The number of rotatable bonds is 5. The molecule has 0 saturated carbocycles. The summed E-state index contributed by atoms with van der Waals surface area (Å²) in [5.74, 6) is -1.74. The second kappa shape index (κ2) is 8.53. The van der Waals surface area contributed by atoms with Crippen LogP contribution in [0.5, 0.6) is 0 Å². The number of hydrogen-bond donors (Lipinski definition) is 2. The fourth-order valence-electron chi connectivity index (χ4n) is 2.54. The van der Waals surface area contributed by atoms with E-state index in [9.17, 15) is 14.4 Å². The van der Waals surface area contributed by atoms with Crippen LogP contribution >= 0.6 is 11.6 Å². The SMILES string of the molecule is CCn1c(C)cc(C(=O)OCC(=O)NNC(=O)c2ccc(Cl)cc2)c1C. The Morgan fingerprint density at radius 1 is 1.12 bits per heavy atom. The molecule has 0 fully saturated rings. The van der Waals surface area contributed by atoms with Gasteiger partial charge in [0.2, 0.25) is 0 Å². The molecule has 1 heterocycles. The van der Waals surface area contributed by atoms with E-state index < -0.39 is 24.4 Å². The molecular formula is C18H20ClN3O4. The van der Waals surface area contributed by atoms with E-state index in [0.29, 0.717) is 16.1 Å². The average Bonchev–Trinajstić information content (AvgIpc) is 2.91. The molecule has 0 bridgehead atoms. The zero-order valence-corrected chi connectivity index (χ0v) is 15.5. The molecule has 2 aromatic rings. The van der Waals surface area contributed by atoms with Gasteiger partial charge in [0.05, 0.1) is 5.56 Å². The van der Waals surface area contributed by atoms with Crippen LogP contribution in [0.3, 0.4) is 0 Å². The second-order valence-corrected chi connectivity index (χ2v) is 6.05. The molecule has 7 nitrogen and oxygen atoms in total. The van der Waals surface area contributed by atoms with Crippen molar-refractivity contribution in [3.05, 3.63) is 57.9 Å². The minimum Gasteiger partial charge on any atom is -0.452 e. The predicted molar refractivity (Wildman–Crippen MR) is 96.9 cm³/mol. The normalized spacial score (nSPS) is 10.3. The van der Waals surface area contributed by atoms with Gasteiger partial charge in [-0.2, -0.15) is 0 Å². The number of esters is 1. The average molecular weight is 378 g/mol. The highest BCUT2D eigenvalue weighted by molar-refractivity contribution is 6.30. The van der Waals surface area contributed by atoms with Crippen LogP contribution in [0.1, 0.15) is 39.0 Å². The number of aromatic nitrogens is 1. The van der Waals surface area contributed by atoms with Crippen LogP contribution in [0.15, 0.2) is 30.3 Å². The second-order valence-electron chi connectivity index (χ2n) is 5.61. The maximum atomic E-state index is 12.1. The monoisotopic (exact) mass is 377 g/mol. The summed E-state index contributed by atoms with van der Waals surface area (Å²) in [7, 11) is 0. The maximum absolute atomic E-state index is 12.1. The zero-order valence-electron chi connectivity index (χ0n) is 14.8. The Labute approximate surface area is 156 Å². The molecule has 8 heteroatoms. The first kappa shape index (κ1) is 19.5. The number of amides is 2. The topological polar surface area (TPSA) is 89.4 Å². The minimum absolute atomic E-state index is 0.332. The number of ether oxygens (including phenoxy) is 1. The van der Waals surface area contributed by atoms with Crippen molar-refractivity contribution in [2.45, 2.75) is 27.3 Å². The largest absolute Gasteiger partial charge is 0.452 e. The number of halogens is 1. The van der Waals surface area contributed by atoms with Gasteiger partial charge in [-0.25, -0.2) is 4.79 Å². The summed E-state index contributed by atoms with van der Waals surface area (Å²) in [6, 6.07) is 7.89. The highest BCUT2D eigenvalue weighted by Crippen LogP contribution is 2.16. The fraction of sp³-hybridized carbons (Fsp3) is 0.278. The van der Waals surface area contributed by atoms with Gasteiger partial charge in [-0.15, -0.1) is 0 Å². The molecule has 2 rings (SSSR count). The first-order valence-corrected chi connectivity index (χ1v) is 8.39. The molecule has 0 aliphatic heterocycles. The van der Waals surface area contributed by atoms with E-state index in [-0.39, 0.29) is 0 Å². The Balaban J connectivity index is 1.84. The summed E-state index contributed by atoms with van der Waals surface area (Å²) < 4.78 is 6.98. The number of nitrogens with zero attached hydrogens (tertiary/aromatic N) is 1. The predicted octanol–water partition coefficient (Wildman–Crippen LogP) is 2.40. The van der Waals surface area contributed by atoms with Crippen molar-refractivity contribution < 1.29 is 19.1 Å². The van der Waals surface area contributed by atoms with Gasteiger partial charge < -0.3 is 9.30 Å². The molecule has 0 saturated heterocycles. The van der Waals surface area contributed by atoms with E-state index in [1.54, 1.807) is 18.2 Å². The summed E-state index contributed by atoms with van der Waals surface area (Å²) in [5.41, 5.74) is 6.91. The highest BCUT2D eigenvalue weighted by atomic mass is 35.5. The van der Waals surface area contributed by atoms with Crippen molar-refractivity contribution in [1.29, 1.82) is 0 Å². The number of aryl methyl sites for hydroxylation is 1. The summed E-state index contributed by atoms with van der Waals surface area (Å²) in [6.07, 6.45) is 0. The van der Waals surface area contributed by atoms with E-state index in [4.69, 9.17) is 16.3 Å². The third-order valence-electron chi connectivity index (χ3n) is 3.87. The van der Waals surface area contributed by atoms with Gasteiger partial charge in [0.25, 0.3) is 11.8 Å². The van der Waals surface area contributed by atoms with Crippen molar-refractivity contribution in [2.24, 2.45) is 0 Å². The quantitative estimate of drug-likeness (QED) is 0.618.